The summed E-state index contributed by atoms with van der Waals surface area (Å²) in [7, 11) is 0. The van der Waals surface area contributed by atoms with Crippen LogP contribution < -0.4 is 9.78 Å². The molecule has 1 unspecified atom stereocenters. The second-order valence-electron chi connectivity index (χ2n) is 3.40. The Morgan fingerprint density at radius 2 is 2.08 bits per heavy atom. The maximum atomic E-state index is 3.47. The van der Waals surface area contributed by atoms with E-state index < -0.39 is 0 Å². The van der Waals surface area contributed by atoms with Crippen LogP contribution in [0.2, 0.25) is 4.82 Å². The van der Waals surface area contributed by atoms with Crippen LogP contribution in [-0.2, 0) is 0 Å². The molecule has 1 aliphatic heterocycles. The van der Waals surface area contributed by atoms with E-state index in [1.54, 1.807) is 4.46 Å². The third kappa shape index (κ3) is 2.84. The van der Waals surface area contributed by atoms with Crippen LogP contribution in [0.5, 0.6) is 0 Å². The van der Waals surface area contributed by atoms with Gasteiger partial charge in [-0.1, -0.05) is 0 Å². The van der Waals surface area contributed by atoms with Crippen LogP contribution in [0.1, 0.15) is 12.8 Å². The van der Waals surface area contributed by atoms with Gasteiger partial charge < -0.3 is 0 Å². The molecule has 2 rings (SSSR count). The molecule has 0 saturated carbocycles. The van der Waals surface area contributed by atoms with Gasteiger partial charge in [0, 0.05) is 0 Å². The first kappa shape index (κ1) is 9.26. The van der Waals surface area contributed by atoms with E-state index in [9.17, 15) is 0 Å². The van der Waals surface area contributed by atoms with E-state index in [4.69, 9.17) is 0 Å². The molecule has 1 aliphatic rings. The van der Waals surface area contributed by atoms with Gasteiger partial charge >= 0.3 is 85.8 Å². The molecule has 1 nitrogen and oxygen atoms in total. The van der Waals surface area contributed by atoms with E-state index in [0.717, 1.165) is 4.82 Å². The summed E-state index contributed by atoms with van der Waals surface area (Å²) in [5, 5.41) is 3.47. The SMILES string of the molecule is c1ccc([Se]C2CCCNC2)cc1. The summed E-state index contributed by atoms with van der Waals surface area (Å²) in [5.41, 5.74) is 0. The van der Waals surface area contributed by atoms with Crippen LogP contribution in [-0.4, -0.2) is 28.0 Å². The molecule has 1 aromatic rings. The summed E-state index contributed by atoms with van der Waals surface area (Å²) >= 11 is 0.675. The number of piperidine rings is 1. The van der Waals surface area contributed by atoms with E-state index >= 15 is 0 Å². The number of nitrogens with one attached hydrogen (secondary N) is 1. The fraction of sp³-hybridized carbons (Fsp3) is 0.455. The summed E-state index contributed by atoms with van der Waals surface area (Å²) in [6.07, 6.45) is 2.78. The average Bonchev–Trinajstić information content (AvgIpc) is 2.21. The van der Waals surface area contributed by atoms with Crippen LogP contribution in [0.25, 0.3) is 0 Å². The number of hydrogen-bond donors (Lipinski definition) is 1. The molecule has 70 valence electrons. The Morgan fingerprint density at radius 1 is 1.23 bits per heavy atom. The number of hydrogen-bond acceptors (Lipinski definition) is 1. The van der Waals surface area contributed by atoms with Gasteiger partial charge in [-0.3, -0.25) is 0 Å². The van der Waals surface area contributed by atoms with Gasteiger partial charge in [0.15, 0.2) is 0 Å². The number of benzene rings is 1. The van der Waals surface area contributed by atoms with Crippen molar-refractivity contribution in [2.24, 2.45) is 0 Å². The molecule has 0 bridgehead atoms. The van der Waals surface area contributed by atoms with Crippen molar-refractivity contribution in [1.82, 2.24) is 5.32 Å². The van der Waals surface area contributed by atoms with Crippen LogP contribution in [0.15, 0.2) is 30.3 Å². The molecule has 13 heavy (non-hydrogen) atoms. The average molecular weight is 240 g/mol. The summed E-state index contributed by atoms with van der Waals surface area (Å²) in [6, 6.07) is 10.9. The zero-order valence-electron chi connectivity index (χ0n) is 7.70. The zero-order chi connectivity index (χ0) is 8.93. The van der Waals surface area contributed by atoms with Crippen molar-refractivity contribution in [1.29, 1.82) is 0 Å². The van der Waals surface area contributed by atoms with Crippen LogP contribution in [0, 0.1) is 0 Å². The van der Waals surface area contributed by atoms with E-state index in [-0.39, 0.29) is 0 Å². The van der Waals surface area contributed by atoms with Gasteiger partial charge in [0.05, 0.1) is 0 Å². The molecule has 1 aromatic carbocycles. The maximum absolute atomic E-state index is 3.47. The van der Waals surface area contributed by atoms with E-state index in [1.807, 2.05) is 0 Å². The summed E-state index contributed by atoms with van der Waals surface area (Å²) in [5.74, 6) is 0. The predicted octanol–water partition coefficient (Wildman–Crippen LogP) is 1.19. The summed E-state index contributed by atoms with van der Waals surface area (Å²) in [6.45, 7) is 2.45. The molecule has 2 heteroatoms. The Labute approximate surface area is 86.1 Å². The molecule has 1 heterocycles. The monoisotopic (exact) mass is 241 g/mol. The van der Waals surface area contributed by atoms with Gasteiger partial charge in [-0.2, -0.15) is 0 Å². The molecule has 1 saturated heterocycles. The molecular weight excluding hydrogens is 225 g/mol. The molecule has 1 fully saturated rings. The fourth-order valence-corrected chi connectivity index (χ4v) is 4.10. The molecular formula is C11H15NSe. The van der Waals surface area contributed by atoms with E-state index in [0.29, 0.717) is 15.0 Å². The van der Waals surface area contributed by atoms with Gasteiger partial charge in [0.2, 0.25) is 0 Å². The van der Waals surface area contributed by atoms with Crippen molar-refractivity contribution in [3.63, 3.8) is 0 Å². The Hall–Kier alpha value is -0.301. The second kappa shape index (κ2) is 4.80. The van der Waals surface area contributed by atoms with Gasteiger partial charge in [0.1, 0.15) is 0 Å². The first-order valence-electron chi connectivity index (χ1n) is 4.87. The van der Waals surface area contributed by atoms with Gasteiger partial charge in [-0.25, -0.2) is 0 Å². The third-order valence-electron chi connectivity index (χ3n) is 2.30. The first-order valence-corrected chi connectivity index (χ1v) is 6.72. The van der Waals surface area contributed by atoms with Crippen LogP contribution in [0.4, 0.5) is 0 Å². The van der Waals surface area contributed by atoms with Crippen molar-refractivity contribution in [2.75, 3.05) is 13.1 Å². The zero-order valence-corrected chi connectivity index (χ0v) is 9.41. The van der Waals surface area contributed by atoms with Gasteiger partial charge in [-0.15, -0.1) is 0 Å². The van der Waals surface area contributed by atoms with Crippen molar-refractivity contribution in [2.45, 2.75) is 17.7 Å². The second-order valence-corrected chi connectivity index (χ2v) is 6.28. The van der Waals surface area contributed by atoms with E-state index in [1.165, 1.54) is 25.9 Å². The molecule has 1 atom stereocenters. The van der Waals surface area contributed by atoms with Crippen molar-refractivity contribution < 1.29 is 0 Å². The van der Waals surface area contributed by atoms with Crippen LogP contribution >= 0.6 is 0 Å². The molecule has 0 amide bonds. The third-order valence-corrected chi connectivity index (χ3v) is 4.98. The van der Waals surface area contributed by atoms with Crippen molar-refractivity contribution in [3.8, 4) is 0 Å². The summed E-state index contributed by atoms with van der Waals surface area (Å²) < 4.78 is 1.55. The Morgan fingerprint density at radius 3 is 2.77 bits per heavy atom. The summed E-state index contributed by atoms with van der Waals surface area (Å²) in [4.78, 5) is 0.920. The quantitative estimate of drug-likeness (QED) is 0.766. The topological polar surface area (TPSA) is 12.0 Å². The molecule has 0 aromatic heterocycles. The number of rotatable bonds is 2. The van der Waals surface area contributed by atoms with Crippen molar-refractivity contribution >= 4 is 19.4 Å². The Kier molecular flexibility index (Phi) is 3.42. The predicted molar refractivity (Wildman–Crippen MR) is 57.7 cm³/mol. The standard InChI is InChI=1S/C11H15NSe/c1-2-5-10(6-3-1)13-11-7-4-8-12-9-11/h1-3,5-6,11-12H,4,7-9H2. The van der Waals surface area contributed by atoms with E-state index in [2.05, 4.69) is 35.6 Å². The Balaban J connectivity index is 1.90. The fourth-order valence-electron chi connectivity index (χ4n) is 1.61. The molecule has 1 N–H and O–H groups in total. The first-order chi connectivity index (χ1) is 6.45. The normalized spacial score (nSPS) is 22.9. The minimum atomic E-state index is 0.675. The van der Waals surface area contributed by atoms with Gasteiger partial charge in [0.25, 0.3) is 0 Å². The molecule has 0 aliphatic carbocycles. The van der Waals surface area contributed by atoms with Crippen molar-refractivity contribution in [3.05, 3.63) is 30.3 Å². The van der Waals surface area contributed by atoms with Gasteiger partial charge in [-0.05, 0) is 0 Å². The Bertz CT molecular complexity index is 242. The molecule has 0 spiro atoms. The minimum absolute atomic E-state index is 0.675. The molecule has 0 radical (unpaired) electrons. The van der Waals surface area contributed by atoms with Crippen LogP contribution in [0.3, 0.4) is 0 Å².